The van der Waals surface area contributed by atoms with E-state index in [4.69, 9.17) is 9.47 Å². The third-order valence-electron chi connectivity index (χ3n) is 5.43. The Labute approximate surface area is 168 Å². The van der Waals surface area contributed by atoms with E-state index < -0.39 is 28.9 Å². The van der Waals surface area contributed by atoms with E-state index in [1.165, 1.54) is 6.92 Å². The van der Waals surface area contributed by atoms with Crippen molar-refractivity contribution < 1.29 is 19.1 Å². The molecule has 3 N–H and O–H groups in total. The number of ketones is 2. The van der Waals surface area contributed by atoms with Crippen LogP contribution in [-0.2, 0) is 9.59 Å². The lowest BCUT2D eigenvalue weighted by Gasteiger charge is -2.33. The Bertz CT molecular complexity index is 1320. The lowest BCUT2D eigenvalue weighted by atomic mass is 9.76. The van der Waals surface area contributed by atoms with Crippen molar-refractivity contribution in [3.8, 4) is 11.5 Å². The van der Waals surface area contributed by atoms with Gasteiger partial charge in [0, 0.05) is 5.71 Å². The van der Waals surface area contributed by atoms with Crippen LogP contribution >= 0.6 is 0 Å². The molecule has 2 atom stereocenters. The Morgan fingerprint density at radius 2 is 1.90 bits per heavy atom. The number of H-pyrrole nitrogens is 2. The first-order valence-electron chi connectivity index (χ1n) is 9.22. The van der Waals surface area contributed by atoms with Gasteiger partial charge in [-0.2, -0.15) is 0 Å². The second-order valence-corrected chi connectivity index (χ2v) is 7.29. The van der Waals surface area contributed by atoms with E-state index in [0.717, 1.165) is 0 Å². The first-order chi connectivity index (χ1) is 14.3. The van der Waals surface area contributed by atoms with Crippen LogP contribution in [-0.4, -0.2) is 34.0 Å². The summed E-state index contributed by atoms with van der Waals surface area (Å²) in [5, 5.41) is 2.88. The molecule has 0 saturated heterocycles. The summed E-state index contributed by atoms with van der Waals surface area (Å²) in [5.41, 5.74) is -0.0864. The number of aromatic nitrogens is 2. The maximum absolute atomic E-state index is 13.4. The minimum Gasteiger partial charge on any atom is -0.454 e. The Morgan fingerprint density at radius 3 is 2.67 bits per heavy atom. The van der Waals surface area contributed by atoms with Crippen molar-refractivity contribution in [2.24, 2.45) is 10.9 Å². The number of aromatic amines is 2. The maximum Gasteiger partial charge on any atom is 0.327 e. The lowest BCUT2D eigenvalue weighted by molar-refractivity contribution is -0.127. The zero-order chi connectivity index (χ0) is 21.2. The largest absolute Gasteiger partial charge is 0.454 e. The van der Waals surface area contributed by atoms with Gasteiger partial charge >= 0.3 is 5.69 Å². The fourth-order valence-corrected chi connectivity index (χ4v) is 4.17. The van der Waals surface area contributed by atoms with Crippen LogP contribution in [0.2, 0.25) is 0 Å². The van der Waals surface area contributed by atoms with E-state index >= 15 is 0 Å². The van der Waals surface area contributed by atoms with E-state index in [9.17, 15) is 19.2 Å². The van der Waals surface area contributed by atoms with Gasteiger partial charge < -0.3 is 14.8 Å². The summed E-state index contributed by atoms with van der Waals surface area (Å²) in [6.45, 7) is 3.00. The summed E-state index contributed by atoms with van der Waals surface area (Å²) < 4.78 is 10.8. The first-order valence-corrected chi connectivity index (χ1v) is 9.22. The fraction of sp³-hybridized carbons (Fsp3) is 0.250. The average molecular weight is 408 g/mol. The number of hydrogen-bond donors (Lipinski definition) is 3. The van der Waals surface area contributed by atoms with Gasteiger partial charge in [0.05, 0.1) is 17.1 Å². The first kappa shape index (κ1) is 18.1. The predicted octanol–water partition coefficient (Wildman–Crippen LogP) is 0.810. The van der Waals surface area contributed by atoms with Gasteiger partial charge in [-0.15, -0.1) is 0 Å². The summed E-state index contributed by atoms with van der Waals surface area (Å²) in [6.07, 6.45) is 0. The number of fused-ring (bicyclic) bond motifs is 2. The Kier molecular flexibility index (Phi) is 3.79. The molecule has 2 aromatic rings. The van der Waals surface area contributed by atoms with Gasteiger partial charge in [0.1, 0.15) is 23.3 Å². The van der Waals surface area contributed by atoms with Crippen LogP contribution in [0.5, 0.6) is 11.5 Å². The molecular weight excluding hydrogens is 392 g/mol. The third-order valence-corrected chi connectivity index (χ3v) is 5.43. The number of benzene rings is 1. The number of carbonyl (C=O) groups is 2. The summed E-state index contributed by atoms with van der Waals surface area (Å²) in [6, 6.07) is 5.08. The van der Waals surface area contributed by atoms with Gasteiger partial charge in [0.15, 0.2) is 17.3 Å². The highest BCUT2D eigenvalue weighted by Gasteiger charge is 2.43. The van der Waals surface area contributed by atoms with E-state index in [1.54, 1.807) is 25.1 Å². The van der Waals surface area contributed by atoms with Crippen LogP contribution in [0, 0.1) is 5.92 Å². The number of aliphatic imine (C=N–C) groups is 1. The van der Waals surface area contributed by atoms with Crippen molar-refractivity contribution in [2.45, 2.75) is 19.8 Å². The van der Waals surface area contributed by atoms with Crippen LogP contribution in [0.4, 0.5) is 5.82 Å². The number of rotatable bonds is 2. The number of nitrogens with one attached hydrogen (secondary N) is 3. The van der Waals surface area contributed by atoms with E-state index in [2.05, 4.69) is 20.3 Å². The second-order valence-electron chi connectivity index (χ2n) is 7.29. The molecule has 0 aliphatic carbocycles. The SMILES string of the molecule is CC(=O)C1C(=O)C2=C(N=C1C)Nc1[nH]c(=O)[nH]c(=O)c1C2c1ccc2c(c1)OCO2. The molecular formula is C20H16N4O6. The smallest absolute Gasteiger partial charge is 0.327 e. The maximum atomic E-state index is 13.4. The molecule has 1 aromatic heterocycles. The summed E-state index contributed by atoms with van der Waals surface area (Å²) in [7, 11) is 0. The van der Waals surface area contributed by atoms with Gasteiger partial charge in [-0.1, -0.05) is 6.07 Å². The lowest BCUT2D eigenvalue weighted by Crippen LogP contribution is -2.41. The summed E-state index contributed by atoms with van der Waals surface area (Å²) in [4.78, 5) is 59.3. The zero-order valence-electron chi connectivity index (χ0n) is 16.0. The molecule has 30 heavy (non-hydrogen) atoms. The molecule has 0 radical (unpaired) electrons. The van der Waals surface area contributed by atoms with E-state index in [0.29, 0.717) is 22.8 Å². The van der Waals surface area contributed by atoms with Crippen LogP contribution in [0.25, 0.3) is 0 Å². The molecule has 2 unspecified atom stereocenters. The molecule has 3 aliphatic rings. The van der Waals surface area contributed by atoms with Crippen LogP contribution in [0.3, 0.4) is 0 Å². The van der Waals surface area contributed by atoms with Crippen LogP contribution in [0.15, 0.2) is 44.2 Å². The standard InChI is InChI=1S/C20H16N4O6/c1-7-12(8(2)25)16(26)14-13(9-3-4-10-11(5-9)30-6-29-10)15-18(22-17(14)21-7)23-20(28)24-19(15)27/h3-5,12-13H,6H2,1-2H3,(H3,22,23,24,27,28). The van der Waals surface area contributed by atoms with Gasteiger partial charge in [0.2, 0.25) is 6.79 Å². The number of Topliss-reactive ketones (excluding diaryl/α,β-unsaturated/α-hetero) is 2. The molecule has 10 heteroatoms. The van der Waals surface area contributed by atoms with E-state index in [-0.39, 0.29) is 35.4 Å². The Hall–Kier alpha value is -3.95. The minimum atomic E-state index is -1.02. The third kappa shape index (κ3) is 2.53. The molecule has 152 valence electrons. The predicted molar refractivity (Wildman–Crippen MR) is 105 cm³/mol. The normalized spacial score (nSPS) is 21.5. The van der Waals surface area contributed by atoms with Crippen LogP contribution < -0.4 is 26.0 Å². The zero-order valence-corrected chi connectivity index (χ0v) is 16.0. The minimum absolute atomic E-state index is 0.0677. The molecule has 0 fully saturated rings. The van der Waals surface area contributed by atoms with Crippen molar-refractivity contribution in [2.75, 3.05) is 12.1 Å². The van der Waals surface area contributed by atoms with Gasteiger partial charge in [0.25, 0.3) is 5.56 Å². The monoisotopic (exact) mass is 408 g/mol. The number of nitrogens with zero attached hydrogens (tertiary/aromatic N) is 1. The number of ether oxygens (including phenoxy) is 2. The molecule has 5 rings (SSSR count). The highest BCUT2D eigenvalue weighted by Crippen LogP contribution is 2.45. The number of hydrogen-bond acceptors (Lipinski definition) is 8. The van der Waals surface area contributed by atoms with Crippen molar-refractivity contribution in [1.29, 1.82) is 0 Å². The highest BCUT2D eigenvalue weighted by atomic mass is 16.7. The van der Waals surface area contributed by atoms with Crippen molar-refractivity contribution in [1.82, 2.24) is 9.97 Å². The quantitative estimate of drug-likeness (QED) is 0.624. The molecule has 0 bridgehead atoms. The second kappa shape index (κ2) is 6.28. The van der Waals surface area contributed by atoms with Crippen molar-refractivity contribution in [3.63, 3.8) is 0 Å². The highest BCUT2D eigenvalue weighted by molar-refractivity contribution is 6.27. The van der Waals surface area contributed by atoms with Gasteiger partial charge in [-0.05, 0) is 31.5 Å². The molecule has 3 aliphatic heterocycles. The molecule has 0 spiro atoms. The van der Waals surface area contributed by atoms with Gasteiger partial charge in [-0.3, -0.25) is 24.4 Å². The summed E-state index contributed by atoms with van der Waals surface area (Å²) in [5.74, 6) is -1.29. The van der Waals surface area contributed by atoms with Crippen molar-refractivity contribution >= 4 is 23.1 Å². The number of carbonyl (C=O) groups excluding carboxylic acids is 2. The molecule has 1 aromatic carbocycles. The molecule has 4 heterocycles. The Morgan fingerprint density at radius 1 is 1.13 bits per heavy atom. The number of anilines is 1. The summed E-state index contributed by atoms with van der Waals surface area (Å²) >= 11 is 0. The number of allylic oxidation sites excluding steroid dienone is 1. The van der Waals surface area contributed by atoms with Crippen LogP contribution in [0.1, 0.15) is 30.9 Å². The van der Waals surface area contributed by atoms with Crippen molar-refractivity contribution in [3.05, 3.63) is 61.6 Å². The average Bonchev–Trinajstić information content (AvgIpc) is 3.13. The van der Waals surface area contributed by atoms with Gasteiger partial charge in [-0.25, -0.2) is 9.79 Å². The topological polar surface area (TPSA) is 143 Å². The van der Waals surface area contributed by atoms with E-state index in [1.807, 2.05) is 0 Å². The molecule has 10 nitrogen and oxygen atoms in total. The molecule has 0 saturated carbocycles. The Balaban J connectivity index is 1.79. The molecule has 0 amide bonds. The fourth-order valence-electron chi connectivity index (χ4n) is 4.17.